The van der Waals surface area contributed by atoms with Gasteiger partial charge in [-0.1, -0.05) is 96.8 Å². The molecule has 0 unspecified atom stereocenters. The normalized spacial score (nSPS) is 11.3. The summed E-state index contributed by atoms with van der Waals surface area (Å²) in [6.45, 7) is 4.15. The minimum Gasteiger partial charge on any atom is -0.464 e. The Hall–Kier alpha value is -0.740. The molecule has 0 aromatic carbocycles. The van der Waals surface area contributed by atoms with Crippen molar-refractivity contribution in [2.24, 2.45) is 0 Å². The molecule has 0 heterocycles. The number of aliphatic hydroxyl groups excluding tert-OH is 1. The van der Waals surface area contributed by atoms with Gasteiger partial charge in [-0.3, -0.25) is 13.5 Å². The summed E-state index contributed by atoms with van der Waals surface area (Å²) in [4.78, 5) is 13.6. The predicted octanol–water partition coefficient (Wildman–Crippen LogP) is 5.15. The number of likely N-dealkylation sites (N-methyl/N-ethyl adjacent to an activating group) is 1. The number of hydrogen-bond acceptors (Lipinski definition) is 7. The Morgan fingerprint density at radius 2 is 1.18 bits per heavy atom. The fraction of sp³-hybridized carbons (Fsp3) is 0.958. The Labute approximate surface area is 203 Å². The number of ether oxygens (including phenoxy) is 1. The summed E-state index contributed by atoms with van der Waals surface area (Å²) in [7, 11) is -1.38. The first-order valence-corrected chi connectivity index (χ1v) is 14.1. The van der Waals surface area contributed by atoms with Crippen molar-refractivity contribution in [3.05, 3.63) is 0 Å². The molecule has 0 fully saturated rings. The first-order chi connectivity index (χ1) is 15.8. The Balaban J connectivity index is 0. The highest BCUT2D eigenvalue weighted by Gasteiger charge is 2.04. The molecule has 0 radical (unpaired) electrons. The lowest BCUT2D eigenvalue weighted by molar-refractivity contribution is -0.144. The quantitative estimate of drug-likeness (QED) is 0.120. The Bertz CT molecular complexity index is 515. The largest absolute Gasteiger partial charge is 0.464 e. The van der Waals surface area contributed by atoms with E-state index in [4.69, 9.17) is 14.4 Å². The zero-order valence-corrected chi connectivity index (χ0v) is 22.2. The van der Waals surface area contributed by atoms with Gasteiger partial charge in [0.15, 0.2) is 0 Å². The van der Waals surface area contributed by atoms with Crippen LogP contribution in [0.2, 0.25) is 0 Å². The molecule has 0 aliphatic rings. The number of hydrogen-bond donors (Lipinski definition) is 2. The first-order valence-electron chi connectivity index (χ1n) is 12.7. The Morgan fingerprint density at radius 3 is 1.55 bits per heavy atom. The number of carbonyl (C=O) groups is 1. The van der Waals surface area contributed by atoms with Crippen molar-refractivity contribution >= 4 is 16.4 Å². The molecule has 0 aliphatic heterocycles. The lowest BCUT2D eigenvalue weighted by atomic mass is 10.0. The zero-order valence-electron chi connectivity index (χ0n) is 21.4. The van der Waals surface area contributed by atoms with Gasteiger partial charge >= 0.3 is 16.4 Å². The summed E-state index contributed by atoms with van der Waals surface area (Å²) < 4.78 is 34.9. The van der Waals surface area contributed by atoms with E-state index in [1.165, 1.54) is 83.5 Å². The van der Waals surface area contributed by atoms with Crippen molar-refractivity contribution in [1.82, 2.24) is 4.90 Å². The van der Waals surface area contributed by atoms with E-state index in [-0.39, 0.29) is 12.6 Å². The number of aliphatic hydroxyl groups is 1. The number of carbonyl (C=O) groups excluding carboxylic acids is 1. The van der Waals surface area contributed by atoms with Crippen molar-refractivity contribution < 1.29 is 31.8 Å². The lowest BCUT2D eigenvalue weighted by Crippen LogP contribution is -2.27. The molecular weight excluding hydrogens is 446 g/mol. The van der Waals surface area contributed by atoms with E-state index >= 15 is 0 Å². The van der Waals surface area contributed by atoms with E-state index in [1.807, 2.05) is 11.9 Å². The highest BCUT2D eigenvalue weighted by atomic mass is 32.3. The van der Waals surface area contributed by atoms with Crippen LogP contribution in [-0.4, -0.2) is 69.4 Å². The van der Waals surface area contributed by atoms with Gasteiger partial charge in [-0.05, 0) is 13.5 Å². The highest BCUT2D eigenvalue weighted by molar-refractivity contribution is 7.80. The van der Waals surface area contributed by atoms with Crippen LogP contribution in [0, 0.1) is 0 Å². The van der Waals surface area contributed by atoms with Crippen molar-refractivity contribution in [3.8, 4) is 0 Å². The van der Waals surface area contributed by atoms with E-state index < -0.39 is 10.4 Å². The van der Waals surface area contributed by atoms with E-state index in [9.17, 15) is 13.2 Å². The van der Waals surface area contributed by atoms with Crippen molar-refractivity contribution in [2.45, 2.75) is 110 Å². The average molecular weight is 498 g/mol. The third kappa shape index (κ3) is 33.5. The molecule has 33 heavy (non-hydrogen) atoms. The van der Waals surface area contributed by atoms with Gasteiger partial charge < -0.3 is 14.7 Å². The maximum absolute atomic E-state index is 11.6. The zero-order chi connectivity index (χ0) is 25.2. The minimum absolute atomic E-state index is 0.0814. The third-order valence-electron chi connectivity index (χ3n) is 5.41. The van der Waals surface area contributed by atoms with Crippen molar-refractivity contribution in [2.75, 3.05) is 40.5 Å². The van der Waals surface area contributed by atoms with Crippen LogP contribution in [0.5, 0.6) is 0 Å². The second kappa shape index (κ2) is 25.9. The van der Waals surface area contributed by atoms with Crippen LogP contribution in [0.1, 0.15) is 110 Å². The minimum atomic E-state index is -4.16. The van der Waals surface area contributed by atoms with Crippen LogP contribution >= 0.6 is 0 Å². The van der Waals surface area contributed by atoms with Gasteiger partial charge in [0.05, 0.1) is 13.7 Å². The molecule has 0 aromatic rings. The molecule has 0 saturated carbocycles. The average Bonchev–Trinajstić information content (AvgIpc) is 2.76. The number of esters is 1. The number of unbranched alkanes of at least 4 members (excludes halogenated alkanes) is 14. The molecule has 0 saturated heterocycles. The van der Waals surface area contributed by atoms with Gasteiger partial charge in [-0.2, -0.15) is 8.42 Å². The number of rotatable bonds is 22. The second-order valence-electron chi connectivity index (χ2n) is 8.54. The molecular formula is C24H51NO7S. The molecule has 0 aliphatic carbocycles. The third-order valence-corrected chi connectivity index (χ3v) is 5.83. The van der Waals surface area contributed by atoms with Gasteiger partial charge in [0, 0.05) is 19.5 Å². The van der Waals surface area contributed by atoms with Crippen LogP contribution in [0.4, 0.5) is 0 Å². The van der Waals surface area contributed by atoms with E-state index in [0.717, 1.165) is 20.0 Å². The number of nitrogens with zero attached hydrogens (tertiary/aromatic N) is 1. The predicted molar refractivity (Wildman–Crippen MR) is 134 cm³/mol. The van der Waals surface area contributed by atoms with E-state index in [1.54, 1.807) is 0 Å². The van der Waals surface area contributed by atoms with Crippen molar-refractivity contribution in [1.29, 1.82) is 0 Å². The molecule has 8 nitrogen and oxygen atoms in total. The molecule has 2 N–H and O–H groups in total. The topological polar surface area (TPSA) is 113 Å². The monoisotopic (exact) mass is 497 g/mol. The summed E-state index contributed by atoms with van der Waals surface area (Å²) in [6.07, 6.45) is 20.6. The fourth-order valence-corrected chi connectivity index (χ4v) is 3.31. The van der Waals surface area contributed by atoms with Crippen LogP contribution in [0.3, 0.4) is 0 Å². The Morgan fingerprint density at radius 1 is 0.788 bits per heavy atom. The molecule has 0 rings (SSSR count). The van der Waals surface area contributed by atoms with Gasteiger partial charge in [-0.15, -0.1) is 0 Å². The smallest absolute Gasteiger partial charge is 0.397 e. The van der Waals surface area contributed by atoms with E-state index in [2.05, 4.69) is 11.1 Å². The van der Waals surface area contributed by atoms with Crippen molar-refractivity contribution in [3.63, 3.8) is 0 Å². The van der Waals surface area contributed by atoms with Crippen LogP contribution in [0.15, 0.2) is 0 Å². The SMILES string of the molecule is CCCCCCCCCCCCCCCCCC(=O)OCCN(C)CCO.COS(=O)(=O)O. The van der Waals surface area contributed by atoms with Gasteiger partial charge in [-0.25, -0.2) is 0 Å². The van der Waals surface area contributed by atoms with Crippen LogP contribution in [0.25, 0.3) is 0 Å². The fourth-order valence-electron chi connectivity index (χ4n) is 3.31. The molecule has 0 aromatic heterocycles. The maximum atomic E-state index is 11.6. The summed E-state index contributed by atoms with van der Waals surface area (Å²) in [5.74, 6) is -0.0814. The molecule has 0 spiro atoms. The second-order valence-corrected chi connectivity index (χ2v) is 9.73. The Kier molecular flexibility index (Phi) is 27.0. The van der Waals surface area contributed by atoms with E-state index in [0.29, 0.717) is 26.1 Å². The highest BCUT2D eigenvalue weighted by Crippen LogP contribution is 2.13. The van der Waals surface area contributed by atoms with Gasteiger partial charge in [0.1, 0.15) is 6.61 Å². The molecule has 9 heteroatoms. The molecule has 0 amide bonds. The summed E-state index contributed by atoms with van der Waals surface area (Å²) in [5.41, 5.74) is 0. The van der Waals surface area contributed by atoms with Gasteiger partial charge in [0.2, 0.25) is 0 Å². The van der Waals surface area contributed by atoms with Gasteiger partial charge in [0.25, 0.3) is 0 Å². The maximum Gasteiger partial charge on any atom is 0.397 e. The first kappa shape index (κ1) is 34.4. The van der Waals surface area contributed by atoms with Crippen LogP contribution in [-0.2, 0) is 24.1 Å². The summed E-state index contributed by atoms with van der Waals surface area (Å²) in [6, 6.07) is 0. The summed E-state index contributed by atoms with van der Waals surface area (Å²) in [5, 5.41) is 8.80. The summed E-state index contributed by atoms with van der Waals surface area (Å²) >= 11 is 0. The molecule has 200 valence electrons. The molecule has 0 atom stereocenters. The van der Waals surface area contributed by atoms with Crippen LogP contribution < -0.4 is 0 Å². The lowest BCUT2D eigenvalue weighted by Gasteiger charge is -2.14. The standard InChI is InChI=1S/C23H47NO3.CH4O4S/c1-3-4-5-6-7-8-9-10-11-12-13-14-15-16-17-18-23(26)27-22-20-24(2)19-21-25;1-5-6(2,3)4/h25H,3-22H2,1-2H3;1H3,(H,2,3,4). The molecule has 0 bridgehead atoms.